The Balaban J connectivity index is 1.47. The fraction of sp³-hybridized carbons (Fsp3) is 0.938. The van der Waals surface area contributed by atoms with Gasteiger partial charge < -0.3 is 15.0 Å². The summed E-state index contributed by atoms with van der Waals surface area (Å²) in [5.41, 5.74) is 0. The molecule has 3 rings (SSSR count). The minimum absolute atomic E-state index is 0.672. The van der Waals surface area contributed by atoms with Crippen molar-refractivity contribution in [3.8, 4) is 0 Å². The minimum atomic E-state index is 0.672. The quantitative estimate of drug-likeness (QED) is 0.624. The van der Waals surface area contributed by atoms with Gasteiger partial charge >= 0.3 is 0 Å². The maximum absolute atomic E-state index is 5.46. The summed E-state index contributed by atoms with van der Waals surface area (Å²) in [5, 5.41) is 3.67. The van der Waals surface area contributed by atoms with Crippen molar-refractivity contribution >= 4 is 5.96 Å². The molecule has 0 bridgehead atoms. The lowest BCUT2D eigenvalue weighted by Crippen LogP contribution is -2.47. The molecule has 2 aliphatic heterocycles. The molecule has 0 radical (unpaired) electrons. The molecule has 0 aromatic carbocycles. The Morgan fingerprint density at radius 2 is 2.10 bits per heavy atom. The predicted octanol–water partition coefficient (Wildman–Crippen LogP) is 1.16. The van der Waals surface area contributed by atoms with Gasteiger partial charge in [0.2, 0.25) is 0 Å². The van der Waals surface area contributed by atoms with Crippen LogP contribution in [0.25, 0.3) is 0 Å². The number of guanidine groups is 1. The number of likely N-dealkylation sites (tertiary alicyclic amines) is 1. The molecule has 3 aliphatic rings. The summed E-state index contributed by atoms with van der Waals surface area (Å²) in [5.74, 6) is 2.00. The van der Waals surface area contributed by atoms with E-state index >= 15 is 0 Å². The minimum Gasteiger partial charge on any atom is -0.379 e. The number of ether oxygens (including phenoxy) is 1. The fourth-order valence-electron chi connectivity index (χ4n) is 3.75. The molecule has 21 heavy (non-hydrogen) atoms. The Kier molecular flexibility index (Phi) is 5.01. The molecule has 5 heteroatoms. The van der Waals surface area contributed by atoms with Gasteiger partial charge in [-0.2, -0.15) is 0 Å². The second-order valence-electron chi connectivity index (χ2n) is 6.62. The Morgan fingerprint density at radius 3 is 2.81 bits per heavy atom. The number of nitrogens with zero attached hydrogens (tertiary/aromatic N) is 3. The molecule has 0 spiro atoms. The van der Waals surface area contributed by atoms with Crippen molar-refractivity contribution in [1.29, 1.82) is 0 Å². The largest absolute Gasteiger partial charge is 0.379 e. The maximum Gasteiger partial charge on any atom is 0.193 e. The molecular weight excluding hydrogens is 264 g/mol. The molecule has 3 atom stereocenters. The Bertz CT molecular complexity index is 367. The van der Waals surface area contributed by atoms with Crippen LogP contribution in [0, 0.1) is 5.92 Å². The SMILES string of the molecule is CCCC1CC1NC(=NC)N1CCC(N2CCOCC2)C1. The van der Waals surface area contributed by atoms with E-state index in [4.69, 9.17) is 4.74 Å². The molecule has 0 amide bonds. The monoisotopic (exact) mass is 294 g/mol. The number of hydrogen-bond donors (Lipinski definition) is 1. The Labute approximate surface area is 128 Å². The van der Waals surface area contributed by atoms with Crippen molar-refractivity contribution in [2.45, 2.75) is 44.7 Å². The molecule has 0 aromatic rings. The zero-order valence-corrected chi connectivity index (χ0v) is 13.6. The van der Waals surface area contributed by atoms with E-state index in [1.54, 1.807) is 0 Å². The van der Waals surface area contributed by atoms with Crippen LogP contribution in [-0.2, 0) is 4.74 Å². The topological polar surface area (TPSA) is 40.1 Å². The highest BCUT2D eigenvalue weighted by Gasteiger charge is 2.38. The lowest BCUT2D eigenvalue weighted by molar-refractivity contribution is 0.0195. The normalized spacial score (nSPS) is 34.3. The summed E-state index contributed by atoms with van der Waals surface area (Å²) in [7, 11) is 1.92. The first-order valence-corrected chi connectivity index (χ1v) is 8.62. The van der Waals surface area contributed by atoms with Gasteiger partial charge in [0.25, 0.3) is 0 Å². The van der Waals surface area contributed by atoms with Crippen LogP contribution in [0.1, 0.15) is 32.6 Å². The van der Waals surface area contributed by atoms with Gasteiger partial charge in [0, 0.05) is 45.3 Å². The van der Waals surface area contributed by atoms with E-state index in [2.05, 4.69) is 27.0 Å². The fourth-order valence-corrected chi connectivity index (χ4v) is 3.75. The molecule has 120 valence electrons. The molecule has 1 N–H and O–H groups in total. The molecule has 2 saturated heterocycles. The summed E-state index contributed by atoms with van der Waals surface area (Å²) in [4.78, 5) is 9.55. The van der Waals surface area contributed by atoms with Gasteiger partial charge in [0.05, 0.1) is 13.2 Å². The van der Waals surface area contributed by atoms with Gasteiger partial charge in [0.1, 0.15) is 0 Å². The van der Waals surface area contributed by atoms with Crippen molar-refractivity contribution in [3.05, 3.63) is 0 Å². The van der Waals surface area contributed by atoms with E-state index in [0.29, 0.717) is 12.1 Å². The standard InChI is InChI=1S/C16H30N4O/c1-3-4-13-11-15(13)18-16(17-2)20-6-5-14(12-20)19-7-9-21-10-8-19/h13-15H,3-12H2,1-2H3,(H,17,18). The van der Waals surface area contributed by atoms with E-state index in [-0.39, 0.29) is 0 Å². The predicted molar refractivity (Wildman–Crippen MR) is 85.7 cm³/mol. The highest BCUT2D eigenvalue weighted by molar-refractivity contribution is 5.80. The zero-order chi connectivity index (χ0) is 14.7. The molecular formula is C16H30N4O. The summed E-state index contributed by atoms with van der Waals surface area (Å²) in [6.07, 6.45) is 5.23. The second-order valence-corrected chi connectivity index (χ2v) is 6.62. The lowest BCUT2D eigenvalue weighted by atomic mass is 10.2. The van der Waals surface area contributed by atoms with Crippen molar-refractivity contribution in [2.24, 2.45) is 10.9 Å². The highest BCUT2D eigenvalue weighted by atomic mass is 16.5. The van der Waals surface area contributed by atoms with Crippen LogP contribution in [0.4, 0.5) is 0 Å². The zero-order valence-electron chi connectivity index (χ0n) is 13.6. The molecule has 2 heterocycles. The van der Waals surface area contributed by atoms with Gasteiger partial charge in [0.15, 0.2) is 5.96 Å². The summed E-state index contributed by atoms with van der Waals surface area (Å²) < 4.78 is 5.46. The number of morpholine rings is 1. The van der Waals surface area contributed by atoms with E-state index in [1.165, 1.54) is 25.7 Å². The lowest BCUT2D eigenvalue weighted by Gasteiger charge is -2.32. The third-order valence-corrected chi connectivity index (χ3v) is 5.13. The Hall–Kier alpha value is -0.810. The van der Waals surface area contributed by atoms with Crippen LogP contribution in [0.15, 0.2) is 4.99 Å². The molecule has 1 saturated carbocycles. The van der Waals surface area contributed by atoms with Gasteiger partial charge in [-0.1, -0.05) is 13.3 Å². The number of rotatable bonds is 4. The third-order valence-electron chi connectivity index (χ3n) is 5.13. The summed E-state index contributed by atoms with van der Waals surface area (Å²) >= 11 is 0. The molecule has 3 unspecified atom stereocenters. The first-order chi connectivity index (χ1) is 10.3. The number of nitrogens with one attached hydrogen (secondary N) is 1. The van der Waals surface area contributed by atoms with Crippen LogP contribution in [0.3, 0.4) is 0 Å². The molecule has 0 aromatic heterocycles. The first-order valence-electron chi connectivity index (χ1n) is 8.62. The van der Waals surface area contributed by atoms with Gasteiger partial charge in [-0.25, -0.2) is 0 Å². The average Bonchev–Trinajstić information content (AvgIpc) is 3.07. The summed E-state index contributed by atoms with van der Waals surface area (Å²) in [6, 6.07) is 1.35. The van der Waals surface area contributed by atoms with Crippen LogP contribution in [0.2, 0.25) is 0 Å². The molecule has 5 nitrogen and oxygen atoms in total. The van der Waals surface area contributed by atoms with E-state index < -0.39 is 0 Å². The average molecular weight is 294 g/mol. The van der Waals surface area contributed by atoms with Gasteiger partial charge in [-0.3, -0.25) is 9.89 Å². The Morgan fingerprint density at radius 1 is 1.29 bits per heavy atom. The van der Waals surface area contributed by atoms with Crippen LogP contribution >= 0.6 is 0 Å². The third kappa shape index (κ3) is 3.69. The van der Waals surface area contributed by atoms with Crippen molar-refractivity contribution in [2.75, 3.05) is 46.4 Å². The number of aliphatic imine (C=N–C) groups is 1. The van der Waals surface area contributed by atoms with Gasteiger partial charge in [-0.15, -0.1) is 0 Å². The van der Waals surface area contributed by atoms with Crippen molar-refractivity contribution < 1.29 is 4.74 Å². The van der Waals surface area contributed by atoms with Gasteiger partial charge in [-0.05, 0) is 25.2 Å². The van der Waals surface area contributed by atoms with Crippen LogP contribution < -0.4 is 5.32 Å². The van der Waals surface area contributed by atoms with Crippen LogP contribution in [0.5, 0.6) is 0 Å². The first kappa shape index (κ1) is 15.1. The smallest absolute Gasteiger partial charge is 0.193 e. The molecule has 1 aliphatic carbocycles. The van der Waals surface area contributed by atoms with E-state index in [1.807, 2.05) is 7.05 Å². The maximum atomic E-state index is 5.46. The molecule has 3 fully saturated rings. The van der Waals surface area contributed by atoms with Crippen molar-refractivity contribution in [1.82, 2.24) is 15.1 Å². The second kappa shape index (κ2) is 6.97. The van der Waals surface area contributed by atoms with Crippen molar-refractivity contribution in [3.63, 3.8) is 0 Å². The number of hydrogen-bond acceptors (Lipinski definition) is 3. The van der Waals surface area contributed by atoms with E-state index in [0.717, 1.165) is 51.3 Å². The van der Waals surface area contributed by atoms with Crippen LogP contribution in [-0.4, -0.2) is 74.3 Å². The summed E-state index contributed by atoms with van der Waals surface area (Å²) in [6.45, 7) is 8.49. The van der Waals surface area contributed by atoms with E-state index in [9.17, 15) is 0 Å². The highest BCUT2D eigenvalue weighted by Crippen LogP contribution is 2.34.